The molecule has 2 atom stereocenters. The lowest BCUT2D eigenvalue weighted by Gasteiger charge is -2.47. The molecule has 0 rings (SSSR count). The molecule has 0 aromatic heterocycles. The van der Waals surface area contributed by atoms with Crippen LogP contribution in [-0.2, 0) is 0 Å². The van der Waals surface area contributed by atoms with Crippen LogP contribution < -0.4 is 0 Å². The first-order chi connectivity index (χ1) is 17.5. The second-order valence-electron chi connectivity index (χ2n) is 12.2. The van der Waals surface area contributed by atoms with Crippen LogP contribution in [-0.4, -0.2) is 4.07 Å². The Hall–Kier alpha value is 1.39. The molecule has 37 heavy (non-hydrogen) atoms. The summed E-state index contributed by atoms with van der Waals surface area (Å²) >= 11 is 4.43. The van der Waals surface area contributed by atoms with Crippen molar-refractivity contribution in [3.05, 3.63) is 0 Å². The fourth-order valence-electron chi connectivity index (χ4n) is 6.16. The van der Waals surface area contributed by atoms with Crippen LogP contribution in [0.25, 0.3) is 0 Å². The van der Waals surface area contributed by atoms with Crippen molar-refractivity contribution in [1.82, 2.24) is 0 Å². The summed E-state index contributed by atoms with van der Waals surface area (Å²) < 4.78 is 0.223. The molecule has 0 heterocycles. The molecular formula is C34H71Br2P. The number of hydrogen-bond acceptors (Lipinski definition) is 0. The van der Waals surface area contributed by atoms with E-state index in [9.17, 15) is 0 Å². The van der Waals surface area contributed by atoms with E-state index in [0.717, 1.165) is 0 Å². The van der Waals surface area contributed by atoms with Gasteiger partial charge in [-0.1, -0.05) is 198 Å². The minimum Gasteiger partial charge on any atom is -0.119 e. The molecule has 0 saturated heterocycles. The molecule has 0 radical (unpaired) electrons. The quantitative estimate of drug-likeness (QED) is 0.0422. The number of hydrogen-bond donors (Lipinski definition) is 0. The number of unbranched alkanes of at least 4 members (excludes halogenated alkanes) is 20. The maximum Gasteiger partial charge on any atom is 0.0453 e. The number of halogens is 2. The molecule has 0 aliphatic carbocycles. The normalized spacial score (nSPS) is 13.5. The third-order valence-corrected chi connectivity index (χ3v) is 10.9. The summed E-state index contributed by atoms with van der Waals surface area (Å²) in [7, 11) is 3.40. The zero-order valence-corrected chi connectivity index (χ0v) is 30.6. The Kier molecular flexibility index (Phi) is 31.7. The molecule has 0 aromatic rings. The van der Waals surface area contributed by atoms with Crippen LogP contribution in [0.1, 0.15) is 207 Å². The summed E-state index contributed by atoms with van der Waals surface area (Å²) in [4.78, 5) is 0. The zero-order valence-electron chi connectivity index (χ0n) is 26.2. The first kappa shape index (κ1) is 40.5. The average Bonchev–Trinajstić information content (AvgIpc) is 2.87. The van der Waals surface area contributed by atoms with Crippen molar-refractivity contribution in [1.29, 1.82) is 0 Å². The van der Waals surface area contributed by atoms with Crippen molar-refractivity contribution in [2.24, 2.45) is 5.41 Å². The highest BCUT2D eigenvalue weighted by Crippen LogP contribution is 2.56. The van der Waals surface area contributed by atoms with E-state index in [1.807, 2.05) is 0 Å². The van der Waals surface area contributed by atoms with Gasteiger partial charge >= 0.3 is 0 Å². The van der Waals surface area contributed by atoms with Gasteiger partial charge in [0.2, 0.25) is 0 Å². The van der Waals surface area contributed by atoms with Crippen molar-refractivity contribution in [2.45, 2.75) is 212 Å². The highest BCUT2D eigenvalue weighted by molar-refractivity contribution is 9.11. The smallest absolute Gasteiger partial charge is 0.0453 e. The molecule has 0 saturated carbocycles. The zero-order chi connectivity index (χ0) is 26.8. The molecule has 0 aliphatic rings. The molecule has 2 unspecified atom stereocenters. The largest absolute Gasteiger partial charge is 0.119 e. The molecular weight excluding hydrogens is 599 g/mol. The molecule has 0 nitrogen and oxygen atoms in total. The van der Waals surface area contributed by atoms with Crippen molar-refractivity contribution >= 4 is 42.2 Å². The highest BCUT2D eigenvalue weighted by atomic mass is 79.9. The van der Waals surface area contributed by atoms with Gasteiger partial charge in [-0.25, -0.2) is 0 Å². The molecule has 0 aliphatic heterocycles. The first-order valence-corrected chi connectivity index (χ1v) is 18.3. The van der Waals surface area contributed by atoms with E-state index in [-0.39, 0.29) is 21.0 Å². The van der Waals surface area contributed by atoms with Crippen LogP contribution in [0, 0.1) is 5.41 Å². The van der Waals surface area contributed by atoms with Crippen molar-refractivity contribution in [2.75, 3.05) is 0 Å². The lowest BCUT2D eigenvalue weighted by Crippen LogP contribution is -2.39. The maximum atomic E-state index is 4.43. The van der Waals surface area contributed by atoms with Gasteiger partial charge in [0.15, 0.2) is 0 Å². The molecule has 0 bridgehead atoms. The molecule has 0 spiro atoms. The standard InChI is InChI=1S/C34H70BrP.BrH/c1-5-9-13-17-21-25-29-33(30-26-22-18-14-10-6-2,31-27-23-19-15-11-7-3)34(35,36)32-28-24-20-16-12-8-4;/h5-32,36H2,1-4H3;1H. The summed E-state index contributed by atoms with van der Waals surface area (Å²) in [5, 5.41) is 0. The lowest BCUT2D eigenvalue weighted by molar-refractivity contribution is 0.167. The minimum absolute atomic E-state index is 0. The van der Waals surface area contributed by atoms with Crippen LogP contribution in [0.5, 0.6) is 0 Å². The summed E-state index contributed by atoms with van der Waals surface area (Å²) in [6.07, 6.45) is 39.7. The van der Waals surface area contributed by atoms with Crippen LogP contribution >= 0.6 is 42.2 Å². The highest BCUT2D eigenvalue weighted by Gasteiger charge is 2.44. The minimum atomic E-state index is 0. The number of alkyl halides is 1. The van der Waals surface area contributed by atoms with Crippen LogP contribution in [0.3, 0.4) is 0 Å². The van der Waals surface area contributed by atoms with Gasteiger partial charge in [0.25, 0.3) is 0 Å². The van der Waals surface area contributed by atoms with Gasteiger partial charge in [-0.3, -0.25) is 0 Å². The Morgan fingerprint density at radius 2 is 0.595 bits per heavy atom. The fraction of sp³-hybridized carbons (Fsp3) is 1.00. The van der Waals surface area contributed by atoms with Gasteiger partial charge in [-0.05, 0) is 31.1 Å². The van der Waals surface area contributed by atoms with Crippen LogP contribution in [0.15, 0.2) is 0 Å². The fourth-order valence-corrected chi connectivity index (χ4v) is 7.67. The molecule has 0 fully saturated rings. The molecule has 3 heteroatoms. The van der Waals surface area contributed by atoms with Gasteiger partial charge in [-0.2, -0.15) is 0 Å². The van der Waals surface area contributed by atoms with Crippen molar-refractivity contribution in [3.8, 4) is 0 Å². The topological polar surface area (TPSA) is 0 Å². The van der Waals surface area contributed by atoms with Gasteiger partial charge in [-0.15, -0.1) is 26.2 Å². The molecule has 0 amide bonds. The Labute approximate surface area is 257 Å². The third-order valence-electron chi connectivity index (χ3n) is 8.80. The van der Waals surface area contributed by atoms with Crippen molar-refractivity contribution in [3.63, 3.8) is 0 Å². The van der Waals surface area contributed by atoms with E-state index >= 15 is 0 Å². The SMILES string of the molecule is Br.CCCCCCCCC(P)(Br)C(CCCCCCCC)(CCCCCCCC)CCCCCCCC. The van der Waals surface area contributed by atoms with E-state index in [2.05, 4.69) is 52.9 Å². The average molecular weight is 671 g/mol. The molecule has 0 N–H and O–H groups in total. The predicted molar refractivity (Wildman–Crippen MR) is 186 cm³/mol. The second-order valence-corrected chi connectivity index (χ2v) is 15.5. The van der Waals surface area contributed by atoms with Gasteiger partial charge in [0, 0.05) is 4.07 Å². The van der Waals surface area contributed by atoms with E-state index in [1.54, 1.807) is 0 Å². The summed E-state index contributed by atoms with van der Waals surface area (Å²) in [6, 6.07) is 0. The Balaban J connectivity index is 0. The monoisotopic (exact) mass is 668 g/mol. The van der Waals surface area contributed by atoms with E-state index in [4.69, 9.17) is 0 Å². The molecule has 0 aromatic carbocycles. The van der Waals surface area contributed by atoms with Crippen LogP contribution in [0.2, 0.25) is 0 Å². The predicted octanol–water partition coefficient (Wildman–Crippen LogP) is 14.5. The van der Waals surface area contributed by atoms with Gasteiger partial charge in [0.1, 0.15) is 0 Å². The summed E-state index contributed by atoms with van der Waals surface area (Å²) in [5.74, 6) is 0. The number of rotatable bonds is 29. The van der Waals surface area contributed by atoms with E-state index in [0.29, 0.717) is 5.41 Å². The van der Waals surface area contributed by atoms with E-state index < -0.39 is 0 Å². The Bertz CT molecular complexity index is 397. The molecule has 226 valence electrons. The lowest BCUT2D eigenvalue weighted by atomic mass is 9.70. The Morgan fingerprint density at radius 1 is 0.378 bits per heavy atom. The third kappa shape index (κ3) is 21.8. The maximum absolute atomic E-state index is 4.43. The first-order valence-electron chi connectivity index (χ1n) is 17.0. The van der Waals surface area contributed by atoms with Gasteiger partial charge < -0.3 is 0 Å². The Morgan fingerprint density at radius 3 is 0.865 bits per heavy atom. The summed E-state index contributed by atoms with van der Waals surface area (Å²) in [6.45, 7) is 9.33. The van der Waals surface area contributed by atoms with E-state index in [1.165, 1.54) is 180 Å². The summed E-state index contributed by atoms with van der Waals surface area (Å²) in [5.41, 5.74) is 0.460. The second kappa shape index (κ2) is 28.9. The van der Waals surface area contributed by atoms with Crippen LogP contribution in [0.4, 0.5) is 0 Å². The van der Waals surface area contributed by atoms with Crippen molar-refractivity contribution < 1.29 is 0 Å². The van der Waals surface area contributed by atoms with Gasteiger partial charge in [0.05, 0.1) is 0 Å².